The first-order valence-corrected chi connectivity index (χ1v) is 9.61. The van der Waals surface area contributed by atoms with Gasteiger partial charge in [0.2, 0.25) is 0 Å². The summed E-state index contributed by atoms with van der Waals surface area (Å²) in [6, 6.07) is 8.34. The molecule has 1 aromatic carbocycles. The Balaban J connectivity index is 1.59. The maximum atomic E-state index is 12.7. The van der Waals surface area contributed by atoms with Crippen LogP contribution >= 0.6 is 0 Å². The standard InChI is InChI=1S/C21H29N3O2/c1-15-9-6-7-13-24(15)14-8-12-22-21(26)20(25)19-16(2)23(3)18-11-5-4-10-17(18)19/h4-5,10-11,15H,6-9,12-14H2,1-3H3,(H,22,26)/t15-/m1/s1. The number of carbonyl (C=O) groups is 2. The fraction of sp³-hybridized carbons (Fsp3) is 0.524. The van der Waals surface area contributed by atoms with Gasteiger partial charge in [0, 0.05) is 42.8 Å². The summed E-state index contributed by atoms with van der Waals surface area (Å²) in [5.74, 6) is -0.943. The fourth-order valence-corrected chi connectivity index (χ4v) is 3.98. The molecule has 0 saturated carbocycles. The molecule has 0 aliphatic carbocycles. The number of Topliss-reactive ketones (excluding diaryl/α,β-unsaturated/α-hetero) is 1. The zero-order valence-electron chi connectivity index (χ0n) is 16.0. The number of ketones is 1. The first kappa shape index (κ1) is 18.6. The number of carbonyl (C=O) groups excluding carboxylic acids is 2. The molecule has 0 spiro atoms. The van der Waals surface area contributed by atoms with Crippen LogP contribution in [0.3, 0.4) is 0 Å². The molecule has 0 bridgehead atoms. The molecular weight excluding hydrogens is 326 g/mol. The molecule has 2 heterocycles. The number of rotatable bonds is 6. The van der Waals surface area contributed by atoms with Crippen LogP contribution in [0.4, 0.5) is 0 Å². The van der Waals surface area contributed by atoms with E-state index >= 15 is 0 Å². The maximum Gasteiger partial charge on any atom is 0.292 e. The zero-order chi connectivity index (χ0) is 18.7. The Labute approximate surface area is 155 Å². The number of likely N-dealkylation sites (tertiary alicyclic amines) is 1. The van der Waals surface area contributed by atoms with Gasteiger partial charge in [-0.3, -0.25) is 9.59 Å². The van der Waals surface area contributed by atoms with Crippen LogP contribution in [0.15, 0.2) is 24.3 Å². The normalized spacial score (nSPS) is 18.2. The van der Waals surface area contributed by atoms with Gasteiger partial charge in [0.15, 0.2) is 0 Å². The smallest absolute Gasteiger partial charge is 0.292 e. The molecule has 5 heteroatoms. The number of hydrogen-bond acceptors (Lipinski definition) is 3. The molecule has 1 amide bonds. The number of benzene rings is 1. The second-order valence-corrected chi connectivity index (χ2v) is 7.36. The van der Waals surface area contributed by atoms with E-state index in [0.29, 0.717) is 18.2 Å². The molecule has 1 aromatic heterocycles. The third-order valence-corrected chi connectivity index (χ3v) is 5.68. The monoisotopic (exact) mass is 355 g/mol. The van der Waals surface area contributed by atoms with Crippen molar-refractivity contribution in [3.05, 3.63) is 35.5 Å². The van der Waals surface area contributed by atoms with Gasteiger partial charge in [-0.25, -0.2) is 0 Å². The summed E-state index contributed by atoms with van der Waals surface area (Å²) in [5, 5.41) is 3.65. The SMILES string of the molecule is Cc1c(C(=O)C(=O)NCCCN2CCCC[C@H]2C)c2ccccc2n1C. The third kappa shape index (κ3) is 3.68. The second kappa shape index (κ2) is 8.04. The molecule has 3 rings (SSSR count). The Morgan fingerprint density at radius 2 is 2.00 bits per heavy atom. The van der Waals surface area contributed by atoms with E-state index in [4.69, 9.17) is 0 Å². The molecule has 1 aliphatic rings. The number of nitrogens with zero attached hydrogens (tertiary/aromatic N) is 2. The van der Waals surface area contributed by atoms with Crippen molar-refractivity contribution >= 4 is 22.6 Å². The number of aryl methyl sites for hydroxylation is 1. The summed E-state index contributed by atoms with van der Waals surface area (Å²) in [7, 11) is 1.92. The van der Waals surface area contributed by atoms with Crippen molar-refractivity contribution in [3.63, 3.8) is 0 Å². The van der Waals surface area contributed by atoms with Crippen LogP contribution in [-0.2, 0) is 11.8 Å². The average molecular weight is 355 g/mol. The van der Waals surface area contributed by atoms with E-state index in [2.05, 4.69) is 17.1 Å². The van der Waals surface area contributed by atoms with E-state index in [1.807, 2.05) is 42.8 Å². The largest absolute Gasteiger partial charge is 0.349 e. The highest BCUT2D eigenvalue weighted by atomic mass is 16.2. The van der Waals surface area contributed by atoms with Gasteiger partial charge < -0.3 is 14.8 Å². The van der Waals surface area contributed by atoms with Gasteiger partial charge in [0.05, 0.1) is 5.56 Å². The quantitative estimate of drug-likeness (QED) is 0.492. The second-order valence-electron chi connectivity index (χ2n) is 7.36. The Hall–Kier alpha value is -2.14. The number of piperidine rings is 1. The number of aromatic nitrogens is 1. The lowest BCUT2D eigenvalue weighted by Crippen LogP contribution is -2.40. The highest BCUT2D eigenvalue weighted by Crippen LogP contribution is 2.25. The third-order valence-electron chi connectivity index (χ3n) is 5.68. The summed E-state index contributed by atoms with van der Waals surface area (Å²) in [5.41, 5.74) is 2.32. The van der Waals surface area contributed by atoms with Crippen LogP contribution in [0.2, 0.25) is 0 Å². The summed E-state index contributed by atoms with van der Waals surface area (Å²) in [4.78, 5) is 27.6. The number of hydrogen-bond donors (Lipinski definition) is 1. The number of nitrogens with one attached hydrogen (secondary N) is 1. The van der Waals surface area contributed by atoms with Crippen LogP contribution in [0, 0.1) is 6.92 Å². The topological polar surface area (TPSA) is 54.3 Å². The van der Waals surface area contributed by atoms with E-state index in [-0.39, 0.29) is 0 Å². The van der Waals surface area contributed by atoms with Gasteiger partial charge in [-0.15, -0.1) is 0 Å². The van der Waals surface area contributed by atoms with Crippen LogP contribution in [0.5, 0.6) is 0 Å². The predicted molar refractivity (Wildman–Crippen MR) is 104 cm³/mol. The minimum Gasteiger partial charge on any atom is -0.349 e. The highest BCUT2D eigenvalue weighted by molar-refractivity contribution is 6.45. The molecule has 1 saturated heterocycles. The van der Waals surface area contributed by atoms with E-state index in [9.17, 15) is 9.59 Å². The number of fused-ring (bicyclic) bond motifs is 1. The van der Waals surface area contributed by atoms with Gasteiger partial charge in [-0.05, 0) is 45.7 Å². The van der Waals surface area contributed by atoms with E-state index in [0.717, 1.165) is 36.1 Å². The summed E-state index contributed by atoms with van der Waals surface area (Å²) < 4.78 is 1.97. The van der Waals surface area contributed by atoms with E-state index in [1.165, 1.54) is 19.3 Å². The molecule has 140 valence electrons. The first-order chi connectivity index (χ1) is 12.5. The molecule has 1 aliphatic heterocycles. The van der Waals surface area contributed by atoms with Crippen molar-refractivity contribution in [2.75, 3.05) is 19.6 Å². The first-order valence-electron chi connectivity index (χ1n) is 9.61. The van der Waals surface area contributed by atoms with Crippen LogP contribution in [0.25, 0.3) is 10.9 Å². The predicted octanol–water partition coefficient (Wildman–Crippen LogP) is 3.05. The van der Waals surface area contributed by atoms with Crippen molar-refractivity contribution in [1.29, 1.82) is 0 Å². The van der Waals surface area contributed by atoms with Crippen molar-refractivity contribution in [2.45, 2.75) is 45.6 Å². The van der Waals surface area contributed by atoms with Crippen molar-refractivity contribution < 1.29 is 9.59 Å². The summed E-state index contributed by atoms with van der Waals surface area (Å²) in [6.45, 7) is 6.81. The number of amides is 1. The van der Waals surface area contributed by atoms with E-state index < -0.39 is 11.7 Å². The van der Waals surface area contributed by atoms with Crippen LogP contribution in [0.1, 0.15) is 48.7 Å². The van der Waals surface area contributed by atoms with Gasteiger partial charge in [-0.1, -0.05) is 24.6 Å². The Morgan fingerprint density at radius 1 is 1.23 bits per heavy atom. The molecule has 1 fully saturated rings. The van der Waals surface area contributed by atoms with Crippen molar-refractivity contribution in [2.24, 2.45) is 7.05 Å². The Bertz CT molecular complexity index is 809. The van der Waals surface area contributed by atoms with Crippen molar-refractivity contribution in [3.8, 4) is 0 Å². The molecule has 1 atom stereocenters. The maximum absolute atomic E-state index is 12.7. The Kier molecular flexibility index (Phi) is 5.77. The van der Waals surface area contributed by atoms with Gasteiger partial charge in [0.25, 0.3) is 11.7 Å². The van der Waals surface area contributed by atoms with E-state index in [1.54, 1.807) is 0 Å². The molecular formula is C21H29N3O2. The van der Waals surface area contributed by atoms with Gasteiger partial charge in [-0.2, -0.15) is 0 Å². The lowest BCUT2D eigenvalue weighted by atomic mass is 10.0. The average Bonchev–Trinajstić information content (AvgIpc) is 2.90. The van der Waals surface area contributed by atoms with Crippen LogP contribution < -0.4 is 5.32 Å². The number of para-hydroxylation sites is 1. The minimum absolute atomic E-state index is 0.439. The lowest BCUT2D eigenvalue weighted by molar-refractivity contribution is -0.117. The molecule has 0 radical (unpaired) electrons. The molecule has 0 unspecified atom stereocenters. The molecule has 5 nitrogen and oxygen atoms in total. The molecule has 26 heavy (non-hydrogen) atoms. The van der Waals surface area contributed by atoms with Crippen LogP contribution in [-0.4, -0.2) is 46.8 Å². The Morgan fingerprint density at radius 3 is 2.77 bits per heavy atom. The van der Waals surface area contributed by atoms with Crippen molar-refractivity contribution in [1.82, 2.24) is 14.8 Å². The fourth-order valence-electron chi connectivity index (χ4n) is 3.98. The van der Waals surface area contributed by atoms with Gasteiger partial charge >= 0.3 is 0 Å². The summed E-state index contributed by atoms with van der Waals surface area (Å²) >= 11 is 0. The summed E-state index contributed by atoms with van der Waals surface area (Å²) in [6.07, 6.45) is 4.70. The highest BCUT2D eigenvalue weighted by Gasteiger charge is 2.24. The van der Waals surface area contributed by atoms with Gasteiger partial charge in [0.1, 0.15) is 0 Å². The zero-order valence-corrected chi connectivity index (χ0v) is 16.0. The molecule has 2 aromatic rings. The molecule has 1 N–H and O–H groups in total. The minimum atomic E-state index is -0.504. The lowest BCUT2D eigenvalue weighted by Gasteiger charge is -2.33.